The molecule has 0 saturated heterocycles. The number of fused-ring (bicyclic) bond motifs is 1. The minimum atomic E-state index is 0.797. The van der Waals surface area contributed by atoms with Crippen LogP contribution in [0.2, 0.25) is 0 Å². The molecule has 1 aromatic heterocycles. The van der Waals surface area contributed by atoms with Gasteiger partial charge in [-0.05, 0) is 28.8 Å². The van der Waals surface area contributed by atoms with Gasteiger partial charge in [-0.2, -0.15) is 0 Å². The van der Waals surface area contributed by atoms with Crippen molar-refractivity contribution in [1.82, 2.24) is 10.3 Å². The molecule has 0 fully saturated rings. The van der Waals surface area contributed by atoms with E-state index in [1.807, 2.05) is 36.5 Å². The van der Waals surface area contributed by atoms with E-state index >= 15 is 0 Å². The topological polar surface area (TPSA) is 37.0 Å². The van der Waals surface area contributed by atoms with Gasteiger partial charge >= 0.3 is 0 Å². The highest BCUT2D eigenvalue weighted by Gasteiger charge is 2.01. The third-order valence-corrected chi connectivity index (χ3v) is 4.66. The van der Waals surface area contributed by atoms with E-state index in [0.717, 1.165) is 36.2 Å². The van der Waals surface area contributed by atoms with Gasteiger partial charge < -0.3 is 10.6 Å². The van der Waals surface area contributed by atoms with E-state index in [4.69, 9.17) is 0 Å². The highest BCUT2D eigenvalue weighted by atomic mass is 14.9. The molecule has 4 aromatic rings. The van der Waals surface area contributed by atoms with Crippen molar-refractivity contribution in [2.75, 3.05) is 5.32 Å². The molecule has 3 aromatic carbocycles. The fourth-order valence-corrected chi connectivity index (χ4v) is 3.17. The van der Waals surface area contributed by atoms with Gasteiger partial charge in [-0.1, -0.05) is 72.8 Å². The van der Waals surface area contributed by atoms with Gasteiger partial charge in [-0.15, -0.1) is 0 Å². The number of rotatable bonds is 7. The number of benzene rings is 3. The van der Waals surface area contributed by atoms with Gasteiger partial charge in [-0.25, -0.2) is 0 Å². The average Bonchev–Trinajstić information content (AvgIpc) is 2.74. The van der Waals surface area contributed by atoms with E-state index in [1.54, 1.807) is 0 Å². The van der Waals surface area contributed by atoms with Crippen LogP contribution in [-0.2, 0) is 19.6 Å². The molecule has 0 spiro atoms. The van der Waals surface area contributed by atoms with Crippen molar-refractivity contribution in [2.45, 2.75) is 19.6 Å². The van der Waals surface area contributed by atoms with Crippen LogP contribution in [0.3, 0.4) is 0 Å². The van der Waals surface area contributed by atoms with E-state index < -0.39 is 0 Å². The summed E-state index contributed by atoms with van der Waals surface area (Å²) in [6.45, 7) is 2.56. The summed E-state index contributed by atoms with van der Waals surface area (Å²) in [6, 6.07) is 29.5. The van der Waals surface area contributed by atoms with Crippen LogP contribution in [0.5, 0.6) is 0 Å². The zero-order valence-corrected chi connectivity index (χ0v) is 15.2. The fourth-order valence-electron chi connectivity index (χ4n) is 3.17. The number of aromatic nitrogens is 1. The number of nitrogens with one attached hydrogen (secondary N) is 2. The van der Waals surface area contributed by atoms with Gasteiger partial charge in [0.15, 0.2) is 0 Å². The lowest BCUT2D eigenvalue weighted by molar-refractivity contribution is 0.693. The summed E-state index contributed by atoms with van der Waals surface area (Å²) in [4.78, 5) is 4.41. The summed E-state index contributed by atoms with van der Waals surface area (Å²) in [6.07, 6.45) is 1.85. The van der Waals surface area contributed by atoms with Gasteiger partial charge in [0.05, 0.1) is 5.52 Å². The van der Waals surface area contributed by atoms with Crippen molar-refractivity contribution in [1.29, 1.82) is 0 Å². The maximum absolute atomic E-state index is 4.41. The highest BCUT2D eigenvalue weighted by molar-refractivity contribution is 5.90. The van der Waals surface area contributed by atoms with Crippen LogP contribution < -0.4 is 10.6 Å². The van der Waals surface area contributed by atoms with Crippen molar-refractivity contribution in [2.24, 2.45) is 0 Å². The molecule has 2 N–H and O–H groups in total. The summed E-state index contributed by atoms with van der Waals surface area (Å²) in [5, 5.41) is 8.18. The maximum Gasteiger partial charge on any atom is 0.0722 e. The molecule has 0 aliphatic rings. The van der Waals surface area contributed by atoms with E-state index in [1.165, 1.54) is 16.7 Å². The van der Waals surface area contributed by atoms with Gasteiger partial charge in [0.2, 0.25) is 0 Å². The second-order valence-corrected chi connectivity index (χ2v) is 6.63. The van der Waals surface area contributed by atoms with Gasteiger partial charge in [0.25, 0.3) is 0 Å². The molecule has 0 aliphatic carbocycles. The quantitative estimate of drug-likeness (QED) is 0.483. The molecule has 3 nitrogen and oxygen atoms in total. The van der Waals surface area contributed by atoms with Gasteiger partial charge in [0, 0.05) is 36.9 Å². The fraction of sp³-hybridized carbons (Fsp3) is 0.125. The number of pyridine rings is 1. The summed E-state index contributed by atoms with van der Waals surface area (Å²) in [5.74, 6) is 0. The lowest BCUT2D eigenvalue weighted by Gasteiger charge is -2.10. The predicted octanol–water partition coefficient (Wildman–Crippen LogP) is 5.14. The van der Waals surface area contributed by atoms with Crippen molar-refractivity contribution < 1.29 is 0 Å². The minimum Gasteiger partial charge on any atom is -0.380 e. The standard InChI is InChI=1S/C24H23N3/c1-2-6-19(7-3-1)16-25-17-20-10-12-21(13-11-20)18-27-24-14-15-26-23-9-5-4-8-22(23)24/h1-15,25H,16-18H2,(H,26,27). The monoisotopic (exact) mass is 353 g/mol. The first kappa shape index (κ1) is 17.3. The lowest BCUT2D eigenvalue weighted by Crippen LogP contribution is -2.12. The molecule has 4 rings (SSSR count). The first-order valence-electron chi connectivity index (χ1n) is 9.28. The normalized spacial score (nSPS) is 10.8. The maximum atomic E-state index is 4.41. The molecular formula is C24H23N3. The van der Waals surface area contributed by atoms with Crippen molar-refractivity contribution >= 4 is 16.6 Å². The van der Waals surface area contributed by atoms with Crippen LogP contribution in [0.25, 0.3) is 10.9 Å². The third kappa shape index (κ3) is 4.52. The summed E-state index contributed by atoms with van der Waals surface area (Å²) in [5.41, 5.74) is 6.01. The third-order valence-electron chi connectivity index (χ3n) is 4.66. The molecule has 0 aliphatic heterocycles. The molecule has 0 amide bonds. The SMILES string of the molecule is c1ccc(CNCc2ccc(CNc3ccnc4ccccc34)cc2)cc1. The smallest absolute Gasteiger partial charge is 0.0722 e. The van der Waals surface area contributed by atoms with Crippen LogP contribution >= 0.6 is 0 Å². The Kier molecular flexibility index (Phi) is 5.42. The minimum absolute atomic E-state index is 0.797. The molecule has 134 valence electrons. The Morgan fingerprint density at radius 3 is 2.00 bits per heavy atom. The average molecular weight is 353 g/mol. The molecule has 0 bridgehead atoms. The van der Waals surface area contributed by atoms with Crippen LogP contribution in [0.15, 0.2) is 91.1 Å². The van der Waals surface area contributed by atoms with Crippen molar-refractivity contribution in [3.05, 3.63) is 108 Å². The number of anilines is 1. The summed E-state index contributed by atoms with van der Waals surface area (Å²) < 4.78 is 0. The zero-order chi connectivity index (χ0) is 18.3. The van der Waals surface area contributed by atoms with Crippen LogP contribution in [0, 0.1) is 0 Å². The first-order chi connectivity index (χ1) is 13.4. The van der Waals surface area contributed by atoms with Crippen LogP contribution in [0.1, 0.15) is 16.7 Å². The molecular weight excluding hydrogens is 330 g/mol. The Morgan fingerprint density at radius 1 is 0.593 bits per heavy atom. The number of hydrogen-bond donors (Lipinski definition) is 2. The predicted molar refractivity (Wildman–Crippen MR) is 112 cm³/mol. The molecule has 0 saturated carbocycles. The van der Waals surface area contributed by atoms with Crippen molar-refractivity contribution in [3.63, 3.8) is 0 Å². The summed E-state index contributed by atoms with van der Waals surface area (Å²) in [7, 11) is 0. The Hall–Kier alpha value is -3.17. The van der Waals surface area contributed by atoms with E-state index in [9.17, 15) is 0 Å². The van der Waals surface area contributed by atoms with E-state index in [-0.39, 0.29) is 0 Å². The Labute approximate surface area is 160 Å². The van der Waals surface area contributed by atoms with Gasteiger partial charge in [-0.3, -0.25) is 4.98 Å². The second kappa shape index (κ2) is 8.47. The number of nitrogens with zero attached hydrogens (tertiary/aromatic N) is 1. The second-order valence-electron chi connectivity index (χ2n) is 6.63. The van der Waals surface area contributed by atoms with Crippen molar-refractivity contribution in [3.8, 4) is 0 Å². The first-order valence-corrected chi connectivity index (χ1v) is 9.28. The van der Waals surface area contributed by atoms with Crippen LogP contribution in [0.4, 0.5) is 5.69 Å². The highest BCUT2D eigenvalue weighted by Crippen LogP contribution is 2.21. The molecule has 0 unspecified atom stereocenters. The lowest BCUT2D eigenvalue weighted by atomic mass is 10.1. The molecule has 0 atom stereocenters. The zero-order valence-electron chi connectivity index (χ0n) is 15.2. The number of para-hydroxylation sites is 1. The van der Waals surface area contributed by atoms with E-state index in [0.29, 0.717) is 0 Å². The summed E-state index contributed by atoms with van der Waals surface area (Å²) >= 11 is 0. The largest absolute Gasteiger partial charge is 0.380 e. The molecule has 3 heteroatoms. The molecule has 0 radical (unpaired) electrons. The Bertz CT molecular complexity index is 989. The van der Waals surface area contributed by atoms with Gasteiger partial charge in [0.1, 0.15) is 0 Å². The molecule has 1 heterocycles. The Morgan fingerprint density at radius 2 is 1.22 bits per heavy atom. The Balaban J connectivity index is 1.32. The van der Waals surface area contributed by atoms with Crippen LogP contribution in [-0.4, -0.2) is 4.98 Å². The van der Waals surface area contributed by atoms with E-state index in [2.05, 4.69) is 70.2 Å². The molecule has 27 heavy (non-hydrogen) atoms. The number of hydrogen-bond acceptors (Lipinski definition) is 3.